The first kappa shape index (κ1) is 16.1. The maximum atomic E-state index is 6.46. The van der Waals surface area contributed by atoms with E-state index in [2.05, 4.69) is 104 Å². The number of rotatable bonds is 2. The van der Waals surface area contributed by atoms with Crippen molar-refractivity contribution in [3.8, 4) is 0 Å². The minimum atomic E-state index is -0.233. The Morgan fingerprint density at radius 1 is 0.704 bits per heavy atom. The zero-order chi connectivity index (χ0) is 18.4. The van der Waals surface area contributed by atoms with Crippen LogP contribution in [0.15, 0.2) is 103 Å². The van der Waals surface area contributed by atoms with Gasteiger partial charge in [-0.05, 0) is 33.9 Å². The summed E-state index contributed by atoms with van der Waals surface area (Å²) in [5.74, 6) is 0.544. The van der Waals surface area contributed by atoms with Crippen LogP contribution in [0.25, 0.3) is 5.57 Å². The summed E-state index contributed by atoms with van der Waals surface area (Å²) in [5.41, 5.74) is 14.0. The SMILES string of the molecule is CC1C(N)=CC=C2c3ccccc3C(c3ccccc3)(c3ccccc3)C21. The second-order valence-electron chi connectivity index (χ2n) is 7.64. The van der Waals surface area contributed by atoms with E-state index < -0.39 is 0 Å². The first-order valence-electron chi connectivity index (χ1n) is 9.62. The van der Waals surface area contributed by atoms with Gasteiger partial charge in [-0.25, -0.2) is 0 Å². The summed E-state index contributed by atoms with van der Waals surface area (Å²) in [6.45, 7) is 2.27. The van der Waals surface area contributed by atoms with Gasteiger partial charge in [0.2, 0.25) is 0 Å². The molecule has 3 aromatic carbocycles. The van der Waals surface area contributed by atoms with E-state index in [0.29, 0.717) is 0 Å². The highest BCUT2D eigenvalue weighted by Gasteiger charge is 2.54. The molecular formula is C26H23N. The third-order valence-corrected chi connectivity index (χ3v) is 6.40. The maximum absolute atomic E-state index is 6.46. The fourth-order valence-electron chi connectivity index (χ4n) is 5.25. The maximum Gasteiger partial charge on any atom is 0.0532 e. The van der Waals surface area contributed by atoms with Crippen molar-refractivity contribution in [2.24, 2.45) is 17.6 Å². The van der Waals surface area contributed by atoms with Gasteiger partial charge in [0.15, 0.2) is 0 Å². The molecule has 0 amide bonds. The molecule has 0 aliphatic heterocycles. The normalized spacial score (nSPS) is 22.4. The minimum absolute atomic E-state index is 0.233. The third-order valence-electron chi connectivity index (χ3n) is 6.40. The fourth-order valence-corrected chi connectivity index (χ4v) is 5.25. The van der Waals surface area contributed by atoms with Gasteiger partial charge in [-0.15, -0.1) is 0 Å². The van der Waals surface area contributed by atoms with Gasteiger partial charge in [0.1, 0.15) is 0 Å². The quantitative estimate of drug-likeness (QED) is 0.647. The van der Waals surface area contributed by atoms with Gasteiger partial charge in [0.05, 0.1) is 5.41 Å². The lowest BCUT2D eigenvalue weighted by Crippen LogP contribution is -2.40. The second kappa shape index (κ2) is 5.99. The van der Waals surface area contributed by atoms with Crippen molar-refractivity contribution >= 4 is 5.57 Å². The topological polar surface area (TPSA) is 26.0 Å². The van der Waals surface area contributed by atoms with Crippen LogP contribution in [0.5, 0.6) is 0 Å². The number of hydrogen-bond donors (Lipinski definition) is 1. The van der Waals surface area contributed by atoms with Crippen molar-refractivity contribution in [3.05, 3.63) is 125 Å². The molecule has 27 heavy (non-hydrogen) atoms. The summed E-state index contributed by atoms with van der Waals surface area (Å²) in [4.78, 5) is 0. The summed E-state index contributed by atoms with van der Waals surface area (Å²) < 4.78 is 0. The van der Waals surface area contributed by atoms with E-state index in [1.54, 1.807) is 0 Å². The zero-order valence-corrected chi connectivity index (χ0v) is 15.5. The van der Waals surface area contributed by atoms with E-state index in [-0.39, 0.29) is 17.3 Å². The van der Waals surface area contributed by atoms with Crippen molar-refractivity contribution in [2.75, 3.05) is 0 Å². The zero-order valence-electron chi connectivity index (χ0n) is 15.5. The monoisotopic (exact) mass is 349 g/mol. The Morgan fingerprint density at radius 3 is 1.89 bits per heavy atom. The van der Waals surface area contributed by atoms with Crippen LogP contribution in [-0.2, 0) is 5.41 Å². The van der Waals surface area contributed by atoms with Gasteiger partial charge in [-0.2, -0.15) is 0 Å². The molecular weight excluding hydrogens is 326 g/mol. The standard InChI is InChI=1S/C26H23N/c1-18-24(27)17-16-22-21-14-8-9-15-23(21)26(25(18)22,19-10-4-2-5-11-19)20-12-6-3-7-13-20/h2-18,25H,27H2,1H3. The van der Waals surface area contributed by atoms with Gasteiger partial charge < -0.3 is 5.73 Å². The molecule has 0 saturated carbocycles. The average molecular weight is 349 g/mol. The highest BCUT2D eigenvalue weighted by atomic mass is 14.7. The highest BCUT2D eigenvalue weighted by molar-refractivity contribution is 5.84. The van der Waals surface area contributed by atoms with E-state index in [1.807, 2.05) is 0 Å². The van der Waals surface area contributed by atoms with E-state index in [4.69, 9.17) is 5.73 Å². The van der Waals surface area contributed by atoms with Crippen LogP contribution in [0.2, 0.25) is 0 Å². The Labute approximate surface area is 160 Å². The number of fused-ring (bicyclic) bond motifs is 3. The smallest absolute Gasteiger partial charge is 0.0532 e. The predicted octanol–water partition coefficient (Wildman–Crippen LogP) is 5.53. The molecule has 3 aromatic rings. The van der Waals surface area contributed by atoms with Crippen molar-refractivity contribution in [2.45, 2.75) is 12.3 Å². The second-order valence-corrected chi connectivity index (χ2v) is 7.64. The molecule has 0 spiro atoms. The molecule has 2 aliphatic rings. The van der Waals surface area contributed by atoms with Gasteiger partial charge in [0, 0.05) is 17.5 Å². The number of nitrogens with two attached hydrogens (primary N) is 1. The number of benzene rings is 3. The summed E-state index contributed by atoms with van der Waals surface area (Å²) in [6, 6.07) is 30.8. The molecule has 2 N–H and O–H groups in total. The molecule has 1 heteroatoms. The largest absolute Gasteiger partial charge is 0.402 e. The molecule has 0 saturated heterocycles. The molecule has 2 aliphatic carbocycles. The van der Waals surface area contributed by atoms with E-state index in [1.165, 1.54) is 27.8 Å². The minimum Gasteiger partial charge on any atom is -0.402 e. The van der Waals surface area contributed by atoms with Gasteiger partial charge in [-0.1, -0.05) is 97.9 Å². The third kappa shape index (κ3) is 2.12. The van der Waals surface area contributed by atoms with Crippen molar-refractivity contribution in [1.82, 2.24) is 0 Å². The highest BCUT2D eigenvalue weighted by Crippen LogP contribution is 2.61. The Kier molecular flexibility index (Phi) is 3.58. The number of allylic oxidation sites excluding steroid dienone is 4. The van der Waals surface area contributed by atoms with Crippen LogP contribution in [0.3, 0.4) is 0 Å². The van der Waals surface area contributed by atoms with Crippen LogP contribution in [0.1, 0.15) is 29.2 Å². The lowest BCUT2D eigenvalue weighted by molar-refractivity contribution is 0.382. The Balaban J connectivity index is 1.93. The lowest BCUT2D eigenvalue weighted by atomic mass is 9.60. The van der Waals surface area contributed by atoms with Gasteiger partial charge in [0.25, 0.3) is 0 Å². The Morgan fingerprint density at radius 2 is 1.26 bits per heavy atom. The van der Waals surface area contributed by atoms with E-state index in [0.717, 1.165) is 5.70 Å². The van der Waals surface area contributed by atoms with Gasteiger partial charge >= 0.3 is 0 Å². The van der Waals surface area contributed by atoms with Crippen molar-refractivity contribution < 1.29 is 0 Å². The molecule has 5 rings (SSSR count). The van der Waals surface area contributed by atoms with Crippen LogP contribution in [-0.4, -0.2) is 0 Å². The van der Waals surface area contributed by atoms with Crippen LogP contribution >= 0.6 is 0 Å². The summed E-state index contributed by atoms with van der Waals surface area (Å²) >= 11 is 0. The first-order chi connectivity index (χ1) is 13.2. The fraction of sp³-hybridized carbons (Fsp3) is 0.154. The first-order valence-corrected chi connectivity index (χ1v) is 9.62. The average Bonchev–Trinajstić information content (AvgIpc) is 3.04. The Hall–Kier alpha value is -3.06. The van der Waals surface area contributed by atoms with Crippen LogP contribution in [0, 0.1) is 11.8 Å². The number of hydrogen-bond acceptors (Lipinski definition) is 1. The van der Waals surface area contributed by atoms with Crippen LogP contribution in [0.4, 0.5) is 0 Å². The van der Waals surface area contributed by atoms with Crippen molar-refractivity contribution in [3.63, 3.8) is 0 Å². The molecule has 0 aromatic heterocycles. The molecule has 1 nitrogen and oxygen atoms in total. The van der Waals surface area contributed by atoms with Crippen LogP contribution < -0.4 is 5.73 Å². The predicted molar refractivity (Wildman–Crippen MR) is 112 cm³/mol. The van der Waals surface area contributed by atoms with Crippen molar-refractivity contribution in [1.29, 1.82) is 0 Å². The van der Waals surface area contributed by atoms with E-state index >= 15 is 0 Å². The van der Waals surface area contributed by atoms with Gasteiger partial charge in [-0.3, -0.25) is 0 Å². The van der Waals surface area contributed by atoms with E-state index in [9.17, 15) is 0 Å². The molecule has 0 bridgehead atoms. The molecule has 0 radical (unpaired) electrons. The summed E-state index contributed by atoms with van der Waals surface area (Å²) in [5, 5.41) is 0. The summed E-state index contributed by atoms with van der Waals surface area (Å²) in [6.07, 6.45) is 4.34. The lowest BCUT2D eigenvalue weighted by Gasteiger charge is -2.42. The summed E-state index contributed by atoms with van der Waals surface area (Å²) in [7, 11) is 0. The Bertz CT molecular complexity index is 1000. The molecule has 2 unspecified atom stereocenters. The molecule has 0 fully saturated rings. The molecule has 0 heterocycles. The molecule has 2 atom stereocenters. The molecule has 132 valence electrons.